The molecule has 3 rings (SSSR count). The highest BCUT2D eigenvalue weighted by molar-refractivity contribution is 7.92. The summed E-state index contributed by atoms with van der Waals surface area (Å²) in [5.41, 5.74) is 2.50. The molecule has 0 saturated heterocycles. The van der Waals surface area contributed by atoms with Crippen molar-refractivity contribution in [3.8, 4) is 17.2 Å². The van der Waals surface area contributed by atoms with E-state index in [1.165, 1.54) is 0 Å². The first kappa shape index (κ1) is 22.7. The number of benzene rings is 2. The fourth-order valence-corrected chi connectivity index (χ4v) is 4.51. The second-order valence-electron chi connectivity index (χ2n) is 7.40. The number of nitrogens with zero attached hydrogens (tertiary/aromatic N) is 1. The molecule has 168 valence electrons. The lowest BCUT2D eigenvalue weighted by atomic mass is 10.1. The number of nitrogens with one attached hydrogen (secondary N) is 1. The van der Waals surface area contributed by atoms with E-state index in [4.69, 9.17) is 14.2 Å². The second-order valence-corrected chi connectivity index (χ2v) is 9.26. The van der Waals surface area contributed by atoms with E-state index in [1.807, 2.05) is 32.0 Å². The number of fused-ring (bicyclic) bond motifs is 1. The third-order valence-corrected chi connectivity index (χ3v) is 6.32. The molecule has 1 heterocycles. The summed E-state index contributed by atoms with van der Waals surface area (Å²) in [5.74, 6) is 1.33. The molecule has 0 fully saturated rings. The van der Waals surface area contributed by atoms with Crippen LogP contribution in [0.25, 0.3) is 0 Å². The molecule has 0 unspecified atom stereocenters. The highest BCUT2D eigenvalue weighted by Crippen LogP contribution is 2.35. The van der Waals surface area contributed by atoms with Gasteiger partial charge in [0.25, 0.3) is 0 Å². The van der Waals surface area contributed by atoms with Crippen LogP contribution in [0.3, 0.4) is 0 Å². The zero-order valence-electron chi connectivity index (χ0n) is 18.2. The van der Waals surface area contributed by atoms with Crippen LogP contribution in [0.5, 0.6) is 17.2 Å². The number of hydrogen-bond acceptors (Lipinski definition) is 6. The number of amides is 1. The van der Waals surface area contributed by atoms with Crippen LogP contribution in [0.1, 0.15) is 18.1 Å². The predicted octanol–water partition coefficient (Wildman–Crippen LogP) is 2.42. The van der Waals surface area contributed by atoms with Gasteiger partial charge in [0.15, 0.2) is 11.5 Å². The zero-order valence-corrected chi connectivity index (χ0v) is 19.0. The van der Waals surface area contributed by atoms with Gasteiger partial charge >= 0.3 is 0 Å². The Morgan fingerprint density at radius 1 is 1.16 bits per heavy atom. The molecule has 31 heavy (non-hydrogen) atoms. The number of anilines is 1. The molecule has 0 bridgehead atoms. The number of aryl methyl sites for hydroxylation is 1. The Kier molecular flexibility index (Phi) is 6.94. The van der Waals surface area contributed by atoms with Gasteiger partial charge in [-0.3, -0.25) is 9.10 Å². The summed E-state index contributed by atoms with van der Waals surface area (Å²) in [7, 11) is -3.73. The fourth-order valence-electron chi connectivity index (χ4n) is 3.34. The van der Waals surface area contributed by atoms with Crippen LogP contribution in [-0.2, 0) is 14.8 Å². The number of hydrogen-bond donors (Lipinski definition) is 1. The molecule has 0 radical (unpaired) electrons. The SMILES string of the molecule is Cc1cccc(OCCNC(=O)[C@@H](C)N(c2ccc3c(c2)OCCO3)S(C)(=O)=O)c1C. The first-order chi connectivity index (χ1) is 14.7. The third kappa shape index (κ3) is 5.41. The van der Waals surface area contributed by atoms with Crippen LogP contribution in [0, 0.1) is 13.8 Å². The molecule has 1 aliphatic rings. The molecular weight excluding hydrogens is 420 g/mol. The van der Waals surface area contributed by atoms with Crippen LogP contribution in [0.15, 0.2) is 36.4 Å². The van der Waals surface area contributed by atoms with Crippen LogP contribution in [-0.4, -0.2) is 53.0 Å². The average Bonchev–Trinajstić information content (AvgIpc) is 2.72. The van der Waals surface area contributed by atoms with E-state index in [-0.39, 0.29) is 13.2 Å². The third-order valence-electron chi connectivity index (χ3n) is 5.08. The van der Waals surface area contributed by atoms with Crippen molar-refractivity contribution in [1.29, 1.82) is 0 Å². The molecule has 0 saturated carbocycles. The molecule has 0 aliphatic carbocycles. The normalized spacial score (nSPS) is 13.9. The lowest BCUT2D eigenvalue weighted by molar-refractivity contribution is -0.121. The van der Waals surface area contributed by atoms with Gasteiger partial charge in [-0.15, -0.1) is 0 Å². The van der Waals surface area contributed by atoms with Gasteiger partial charge in [0, 0.05) is 6.07 Å². The highest BCUT2D eigenvalue weighted by Gasteiger charge is 2.30. The first-order valence-electron chi connectivity index (χ1n) is 10.0. The summed E-state index contributed by atoms with van der Waals surface area (Å²) in [6.07, 6.45) is 1.07. The van der Waals surface area contributed by atoms with Crippen molar-refractivity contribution in [2.24, 2.45) is 0 Å². The molecule has 0 aromatic heterocycles. The van der Waals surface area contributed by atoms with Crippen LogP contribution < -0.4 is 23.8 Å². The van der Waals surface area contributed by atoms with E-state index >= 15 is 0 Å². The van der Waals surface area contributed by atoms with Gasteiger partial charge in [-0.2, -0.15) is 0 Å². The molecule has 1 atom stereocenters. The standard InChI is InChI=1S/C22H28N2O6S/c1-15-6-5-7-19(16(15)2)28-11-10-23-22(25)17(3)24(31(4,26)27)18-8-9-20-21(14-18)30-13-12-29-20/h5-9,14,17H,10-13H2,1-4H3,(H,23,25)/t17-/m1/s1. The molecule has 0 spiro atoms. The van der Waals surface area contributed by atoms with Crippen molar-refractivity contribution in [3.05, 3.63) is 47.5 Å². The van der Waals surface area contributed by atoms with Crippen LogP contribution in [0.2, 0.25) is 0 Å². The van der Waals surface area contributed by atoms with Crippen LogP contribution >= 0.6 is 0 Å². The zero-order chi connectivity index (χ0) is 22.6. The van der Waals surface area contributed by atoms with Gasteiger partial charge in [-0.25, -0.2) is 8.42 Å². The molecule has 2 aromatic carbocycles. The molecular formula is C22H28N2O6S. The maximum absolute atomic E-state index is 12.7. The van der Waals surface area contributed by atoms with Crippen molar-refractivity contribution in [1.82, 2.24) is 5.32 Å². The summed E-state index contributed by atoms with van der Waals surface area (Å²) in [6, 6.07) is 9.65. The molecule has 1 N–H and O–H groups in total. The quantitative estimate of drug-likeness (QED) is 0.624. The molecule has 1 amide bonds. The van der Waals surface area contributed by atoms with Crippen molar-refractivity contribution in [2.75, 3.05) is 36.9 Å². The Morgan fingerprint density at radius 3 is 2.58 bits per heavy atom. The monoisotopic (exact) mass is 448 g/mol. The number of carbonyl (C=O) groups excluding carboxylic acids is 1. The first-order valence-corrected chi connectivity index (χ1v) is 11.9. The Bertz CT molecular complexity index is 1050. The second kappa shape index (κ2) is 9.47. The summed E-state index contributed by atoms with van der Waals surface area (Å²) in [6.45, 7) is 6.85. The van der Waals surface area contributed by atoms with E-state index in [0.29, 0.717) is 30.4 Å². The fraction of sp³-hybridized carbons (Fsp3) is 0.409. The lowest BCUT2D eigenvalue weighted by Gasteiger charge is -2.29. The van der Waals surface area contributed by atoms with Crippen molar-refractivity contribution in [3.63, 3.8) is 0 Å². The van der Waals surface area contributed by atoms with Gasteiger partial charge in [0.2, 0.25) is 15.9 Å². The molecule has 9 heteroatoms. The van der Waals surface area contributed by atoms with E-state index in [0.717, 1.165) is 27.4 Å². The molecule has 8 nitrogen and oxygen atoms in total. The number of carbonyl (C=O) groups is 1. The minimum absolute atomic E-state index is 0.245. The maximum Gasteiger partial charge on any atom is 0.243 e. The summed E-state index contributed by atoms with van der Waals surface area (Å²) in [5, 5.41) is 2.75. The minimum atomic E-state index is -3.73. The van der Waals surface area contributed by atoms with Crippen molar-refractivity contribution < 1.29 is 27.4 Å². The predicted molar refractivity (Wildman–Crippen MR) is 119 cm³/mol. The van der Waals surface area contributed by atoms with Crippen LogP contribution in [0.4, 0.5) is 5.69 Å². The number of ether oxygens (including phenoxy) is 3. The number of rotatable bonds is 8. The Balaban J connectivity index is 1.65. The van der Waals surface area contributed by atoms with Gasteiger partial charge in [0.1, 0.15) is 31.6 Å². The van der Waals surface area contributed by atoms with E-state index in [9.17, 15) is 13.2 Å². The van der Waals surface area contributed by atoms with Gasteiger partial charge < -0.3 is 19.5 Å². The maximum atomic E-state index is 12.7. The lowest BCUT2D eigenvalue weighted by Crippen LogP contribution is -2.48. The Hall–Kier alpha value is -2.94. The van der Waals surface area contributed by atoms with E-state index in [2.05, 4.69) is 5.32 Å². The molecule has 1 aliphatic heterocycles. The smallest absolute Gasteiger partial charge is 0.243 e. The summed E-state index contributed by atoms with van der Waals surface area (Å²) < 4.78 is 42.8. The summed E-state index contributed by atoms with van der Waals surface area (Å²) in [4.78, 5) is 12.7. The molecule has 2 aromatic rings. The van der Waals surface area contributed by atoms with Gasteiger partial charge in [-0.05, 0) is 50.1 Å². The Labute approximate surface area is 183 Å². The Morgan fingerprint density at radius 2 is 1.87 bits per heavy atom. The van der Waals surface area contributed by atoms with E-state index in [1.54, 1.807) is 25.1 Å². The van der Waals surface area contributed by atoms with E-state index < -0.39 is 22.0 Å². The number of sulfonamides is 1. The summed E-state index contributed by atoms with van der Waals surface area (Å²) >= 11 is 0. The topological polar surface area (TPSA) is 94.2 Å². The van der Waals surface area contributed by atoms with Crippen molar-refractivity contribution >= 4 is 21.6 Å². The minimum Gasteiger partial charge on any atom is -0.491 e. The highest BCUT2D eigenvalue weighted by atomic mass is 32.2. The van der Waals surface area contributed by atoms with Gasteiger partial charge in [-0.1, -0.05) is 12.1 Å². The van der Waals surface area contributed by atoms with Crippen molar-refractivity contribution in [2.45, 2.75) is 26.8 Å². The largest absolute Gasteiger partial charge is 0.491 e. The average molecular weight is 449 g/mol. The van der Waals surface area contributed by atoms with Gasteiger partial charge in [0.05, 0.1) is 18.5 Å².